The lowest BCUT2D eigenvalue weighted by molar-refractivity contribution is -0.0114. The molecule has 1 rings (SSSR count). The van der Waals surface area contributed by atoms with Gasteiger partial charge in [-0.25, -0.2) is 8.78 Å². The van der Waals surface area contributed by atoms with Crippen LogP contribution in [0.3, 0.4) is 0 Å². The number of halogens is 4. The first-order valence-corrected chi connectivity index (χ1v) is 5.18. The van der Waals surface area contributed by atoms with Gasteiger partial charge in [0.1, 0.15) is 0 Å². The molecule has 5 heteroatoms. The van der Waals surface area contributed by atoms with E-state index in [1.165, 1.54) is 18.2 Å². The number of benzene rings is 1. The summed E-state index contributed by atoms with van der Waals surface area (Å²) in [6, 6.07) is 4.19. The van der Waals surface area contributed by atoms with Crippen molar-refractivity contribution in [1.29, 1.82) is 0 Å². The third-order valence-corrected chi connectivity index (χ3v) is 2.67. The molecule has 1 aromatic carbocycles. The second kappa shape index (κ2) is 4.55. The standard InChI is InChI=1S/C9H9BrClF2N/c10-8-5-6(11)1-2-7(8)9(12,13)3-4-14/h1-2,5H,3-4,14H2. The summed E-state index contributed by atoms with van der Waals surface area (Å²) in [5.41, 5.74) is 5.03. The Balaban J connectivity index is 3.06. The molecule has 0 bridgehead atoms. The Morgan fingerprint density at radius 1 is 1.43 bits per heavy atom. The SMILES string of the molecule is NCCC(F)(F)c1ccc(Cl)cc1Br. The third kappa shape index (κ3) is 2.65. The lowest BCUT2D eigenvalue weighted by Crippen LogP contribution is -2.19. The summed E-state index contributed by atoms with van der Waals surface area (Å²) in [7, 11) is 0. The molecule has 2 N–H and O–H groups in total. The average molecular weight is 285 g/mol. The molecule has 14 heavy (non-hydrogen) atoms. The van der Waals surface area contributed by atoms with Gasteiger partial charge in [0.2, 0.25) is 0 Å². The summed E-state index contributed by atoms with van der Waals surface area (Å²) in [4.78, 5) is 0. The molecule has 0 aliphatic carbocycles. The van der Waals surface area contributed by atoms with Gasteiger partial charge < -0.3 is 5.73 Å². The van der Waals surface area contributed by atoms with Crippen LogP contribution >= 0.6 is 27.5 Å². The van der Waals surface area contributed by atoms with Gasteiger partial charge in [-0.2, -0.15) is 0 Å². The fourth-order valence-electron chi connectivity index (χ4n) is 1.10. The van der Waals surface area contributed by atoms with E-state index in [0.717, 1.165) is 0 Å². The number of alkyl halides is 2. The highest BCUT2D eigenvalue weighted by molar-refractivity contribution is 9.10. The Labute approximate surface area is 94.4 Å². The van der Waals surface area contributed by atoms with E-state index < -0.39 is 5.92 Å². The van der Waals surface area contributed by atoms with E-state index in [2.05, 4.69) is 15.9 Å². The van der Waals surface area contributed by atoms with Gasteiger partial charge in [-0.1, -0.05) is 33.6 Å². The Hall–Kier alpha value is -0.190. The van der Waals surface area contributed by atoms with Crippen LogP contribution in [0.25, 0.3) is 0 Å². The first-order chi connectivity index (χ1) is 6.47. The van der Waals surface area contributed by atoms with Crippen LogP contribution in [0.2, 0.25) is 5.02 Å². The van der Waals surface area contributed by atoms with Crippen LogP contribution in [0.5, 0.6) is 0 Å². The maximum atomic E-state index is 13.4. The van der Waals surface area contributed by atoms with Gasteiger partial charge in [-0.15, -0.1) is 0 Å². The maximum Gasteiger partial charge on any atom is 0.275 e. The van der Waals surface area contributed by atoms with Crippen LogP contribution in [-0.2, 0) is 5.92 Å². The van der Waals surface area contributed by atoms with Gasteiger partial charge in [-0.3, -0.25) is 0 Å². The summed E-state index contributed by atoms with van der Waals surface area (Å²) in [5.74, 6) is -2.90. The zero-order chi connectivity index (χ0) is 10.8. The topological polar surface area (TPSA) is 26.0 Å². The Bertz CT molecular complexity index is 331. The molecule has 78 valence electrons. The van der Waals surface area contributed by atoms with Crippen molar-refractivity contribution in [3.8, 4) is 0 Å². The molecule has 0 saturated heterocycles. The molecule has 0 unspecified atom stereocenters. The van der Waals surface area contributed by atoms with Gasteiger partial charge >= 0.3 is 0 Å². The lowest BCUT2D eigenvalue weighted by Gasteiger charge is -2.17. The number of hydrogen-bond acceptors (Lipinski definition) is 1. The van der Waals surface area contributed by atoms with E-state index in [4.69, 9.17) is 17.3 Å². The summed E-state index contributed by atoms with van der Waals surface area (Å²) >= 11 is 8.69. The van der Waals surface area contributed by atoms with Gasteiger partial charge in [0.05, 0.1) is 0 Å². The molecular formula is C9H9BrClF2N. The predicted octanol–water partition coefficient (Wildman–Crippen LogP) is 3.54. The highest BCUT2D eigenvalue weighted by Crippen LogP contribution is 2.37. The van der Waals surface area contributed by atoms with Crippen LogP contribution in [0, 0.1) is 0 Å². The zero-order valence-corrected chi connectivity index (χ0v) is 9.58. The second-order valence-electron chi connectivity index (χ2n) is 2.87. The second-order valence-corrected chi connectivity index (χ2v) is 4.16. The Morgan fingerprint density at radius 2 is 2.07 bits per heavy atom. The fraction of sp³-hybridized carbons (Fsp3) is 0.333. The van der Waals surface area contributed by atoms with Crippen molar-refractivity contribution in [1.82, 2.24) is 0 Å². The molecule has 0 saturated carbocycles. The summed E-state index contributed by atoms with van der Waals surface area (Å²) in [6.07, 6.45) is -0.368. The van der Waals surface area contributed by atoms with Crippen molar-refractivity contribution in [2.75, 3.05) is 6.54 Å². The van der Waals surface area contributed by atoms with E-state index in [9.17, 15) is 8.78 Å². The first-order valence-electron chi connectivity index (χ1n) is 4.01. The van der Waals surface area contributed by atoms with Gasteiger partial charge in [0.25, 0.3) is 5.92 Å². The van der Waals surface area contributed by atoms with Gasteiger partial charge in [0, 0.05) is 21.5 Å². The van der Waals surface area contributed by atoms with E-state index in [0.29, 0.717) is 9.50 Å². The monoisotopic (exact) mass is 283 g/mol. The minimum Gasteiger partial charge on any atom is -0.330 e. The van der Waals surface area contributed by atoms with E-state index in [1.54, 1.807) is 0 Å². The van der Waals surface area contributed by atoms with Crippen molar-refractivity contribution in [3.63, 3.8) is 0 Å². The van der Waals surface area contributed by atoms with E-state index in [-0.39, 0.29) is 18.5 Å². The highest BCUT2D eigenvalue weighted by atomic mass is 79.9. The predicted molar refractivity (Wildman–Crippen MR) is 56.7 cm³/mol. The minimum atomic E-state index is -2.90. The zero-order valence-electron chi connectivity index (χ0n) is 7.24. The molecule has 0 fully saturated rings. The quantitative estimate of drug-likeness (QED) is 0.902. The molecular weight excluding hydrogens is 275 g/mol. The first kappa shape index (κ1) is 11.9. The summed E-state index contributed by atoms with van der Waals surface area (Å²) in [6.45, 7) is -0.0535. The van der Waals surface area contributed by atoms with Crippen LogP contribution < -0.4 is 5.73 Å². The van der Waals surface area contributed by atoms with Gasteiger partial charge in [-0.05, 0) is 18.7 Å². The van der Waals surface area contributed by atoms with Crippen molar-refractivity contribution in [2.24, 2.45) is 5.73 Å². The molecule has 0 spiro atoms. The highest BCUT2D eigenvalue weighted by Gasteiger charge is 2.32. The van der Waals surface area contributed by atoms with Crippen LogP contribution in [0.1, 0.15) is 12.0 Å². The molecule has 0 radical (unpaired) electrons. The fourth-order valence-corrected chi connectivity index (χ4v) is 2.07. The van der Waals surface area contributed by atoms with Crippen LogP contribution in [0.15, 0.2) is 22.7 Å². The molecule has 0 aliphatic rings. The van der Waals surface area contributed by atoms with Crippen molar-refractivity contribution >= 4 is 27.5 Å². The van der Waals surface area contributed by atoms with Gasteiger partial charge in [0.15, 0.2) is 0 Å². The molecule has 0 atom stereocenters. The Morgan fingerprint density at radius 3 is 2.57 bits per heavy atom. The number of hydrogen-bond donors (Lipinski definition) is 1. The largest absolute Gasteiger partial charge is 0.330 e. The molecule has 1 aromatic rings. The maximum absolute atomic E-state index is 13.4. The third-order valence-electron chi connectivity index (χ3n) is 1.78. The van der Waals surface area contributed by atoms with Crippen LogP contribution in [-0.4, -0.2) is 6.54 Å². The van der Waals surface area contributed by atoms with Crippen molar-refractivity contribution in [3.05, 3.63) is 33.3 Å². The van der Waals surface area contributed by atoms with E-state index in [1.807, 2.05) is 0 Å². The van der Waals surface area contributed by atoms with Crippen molar-refractivity contribution in [2.45, 2.75) is 12.3 Å². The molecule has 0 aromatic heterocycles. The normalized spacial score (nSPS) is 11.8. The molecule has 0 aliphatic heterocycles. The smallest absolute Gasteiger partial charge is 0.275 e. The summed E-state index contributed by atoms with van der Waals surface area (Å²) < 4.78 is 27.1. The molecule has 0 heterocycles. The average Bonchev–Trinajstić information content (AvgIpc) is 2.02. The lowest BCUT2D eigenvalue weighted by atomic mass is 10.1. The van der Waals surface area contributed by atoms with Crippen LogP contribution in [0.4, 0.5) is 8.78 Å². The van der Waals surface area contributed by atoms with E-state index >= 15 is 0 Å². The minimum absolute atomic E-state index is 0.0535. The summed E-state index contributed by atoms with van der Waals surface area (Å²) in [5, 5.41) is 0.421. The number of nitrogens with two attached hydrogens (primary N) is 1. The Kier molecular flexibility index (Phi) is 3.86. The molecule has 0 amide bonds. The van der Waals surface area contributed by atoms with Crippen molar-refractivity contribution < 1.29 is 8.78 Å². The molecule has 1 nitrogen and oxygen atoms in total. The number of rotatable bonds is 3.